The van der Waals surface area contributed by atoms with Gasteiger partial charge in [0.15, 0.2) is 0 Å². The van der Waals surface area contributed by atoms with Crippen LogP contribution in [0.3, 0.4) is 0 Å². The van der Waals surface area contributed by atoms with Crippen molar-refractivity contribution in [2.45, 2.75) is 0 Å². The van der Waals surface area contributed by atoms with Crippen LogP contribution < -0.4 is 4.90 Å². The van der Waals surface area contributed by atoms with Crippen molar-refractivity contribution in [1.82, 2.24) is 4.90 Å². The molecular formula is C17H15BrFN3O3. The second-order valence-electron chi connectivity index (χ2n) is 5.68. The third-order valence-electron chi connectivity index (χ3n) is 4.14. The number of carbonyl (C=O) groups is 1. The monoisotopic (exact) mass is 407 g/mol. The highest BCUT2D eigenvalue weighted by Crippen LogP contribution is 2.30. The van der Waals surface area contributed by atoms with Gasteiger partial charge in [0.05, 0.1) is 10.6 Å². The van der Waals surface area contributed by atoms with Gasteiger partial charge in [-0.25, -0.2) is 4.39 Å². The Kier molecular flexibility index (Phi) is 4.98. The topological polar surface area (TPSA) is 66.7 Å². The lowest BCUT2D eigenvalue weighted by Crippen LogP contribution is -2.48. The summed E-state index contributed by atoms with van der Waals surface area (Å²) in [5.74, 6) is -0.494. The van der Waals surface area contributed by atoms with Crippen LogP contribution in [0.25, 0.3) is 0 Å². The van der Waals surface area contributed by atoms with Crippen molar-refractivity contribution in [3.8, 4) is 0 Å². The molecule has 1 fully saturated rings. The van der Waals surface area contributed by atoms with Crippen LogP contribution in [-0.2, 0) is 0 Å². The summed E-state index contributed by atoms with van der Waals surface area (Å²) in [5.41, 5.74) is 1.35. The van der Waals surface area contributed by atoms with Gasteiger partial charge in [-0.15, -0.1) is 0 Å². The summed E-state index contributed by atoms with van der Waals surface area (Å²) in [4.78, 5) is 26.6. The predicted molar refractivity (Wildman–Crippen MR) is 95.3 cm³/mol. The number of anilines is 1. The molecular weight excluding hydrogens is 393 g/mol. The lowest BCUT2D eigenvalue weighted by Gasteiger charge is -2.36. The highest BCUT2D eigenvalue weighted by molar-refractivity contribution is 9.10. The maximum Gasteiger partial charge on any atom is 0.270 e. The van der Waals surface area contributed by atoms with E-state index in [0.29, 0.717) is 36.2 Å². The Balaban J connectivity index is 1.66. The van der Waals surface area contributed by atoms with Crippen LogP contribution >= 0.6 is 15.9 Å². The van der Waals surface area contributed by atoms with E-state index >= 15 is 0 Å². The molecule has 0 atom stereocenters. The number of rotatable bonds is 3. The number of halogens is 2. The lowest BCUT2D eigenvalue weighted by atomic mass is 10.1. The first-order valence-electron chi connectivity index (χ1n) is 7.69. The van der Waals surface area contributed by atoms with Crippen LogP contribution in [0, 0.1) is 15.9 Å². The number of amides is 1. The molecule has 0 aliphatic carbocycles. The van der Waals surface area contributed by atoms with E-state index in [2.05, 4.69) is 20.8 Å². The molecule has 1 aliphatic rings. The molecule has 0 radical (unpaired) electrons. The summed E-state index contributed by atoms with van der Waals surface area (Å²) in [7, 11) is 0. The summed E-state index contributed by atoms with van der Waals surface area (Å²) in [5, 5.41) is 10.8. The second-order valence-corrected chi connectivity index (χ2v) is 6.53. The molecule has 1 amide bonds. The summed E-state index contributed by atoms with van der Waals surface area (Å²) in [6, 6.07) is 10.2. The summed E-state index contributed by atoms with van der Waals surface area (Å²) >= 11 is 3.38. The Hall–Kier alpha value is -2.48. The first-order valence-corrected chi connectivity index (χ1v) is 8.49. The van der Waals surface area contributed by atoms with Crippen LogP contribution in [0.5, 0.6) is 0 Å². The van der Waals surface area contributed by atoms with Crippen molar-refractivity contribution >= 4 is 33.2 Å². The number of hydrogen-bond donors (Lipinski definition) is 0. The predicted octanol–water partition coefficient (Wildman–Crippen LogP) is 3.46. The van der Waals surface area contributed by atoms with Crippen molar-refractivity contribution in [3.05, 3.63) is 68.4 Å². The largest absolute Gasteiger partial charge is 0.367 e. The molecule has 2 aromatic carbocycles. The van der Waals surface area contributed by atoms with Crippen LogP contribution in [0.2, 0.25) is 0 Å². The van der Waals surface area contributed by atoms with Gasteiger partial charge >= 0.3 is 0 Å². The maximum absolute atomic E-state index is 13.0. The highest BCUT2D eigenvalue weighted by atomic mass is 79.9. The lowest BCUT2D eigenvalue weighted by molar-refractivity contribution is -0.384. The van der Waals surface area contributed by atoms with Gasteiger partial charge in [-0.1, -0.05) is 0 Å². The molecule has 130 valence electrons. The first kappa shape index (κ1) is 17.3. The minimum absolute atomic E-state index is 0.0285. The second kappa shape index (κ2) is 7.18. The number of piperazine rings is 1. The summed E-state index contributed by atoms with van der Waals surface area (Å²) < 4.78 is 13.6. The highest BCUT2D eigenvalue weighted by Gasteiger charge is 2.24. The Labute approximate surface area is 152 Å². The number of non-ortho nitro benzene ring substituents is 1. The molecule has 25 heavy (non-hydrogen) atoms. The molecule has 0 saturated carbocycles. The van der Waals surface area contributed by atoms with E-state index in [0.717, 1.165) is 5.69 Å². The number of nitrogens with zero attached hydrogens (tertiary/aromatic N) is 3. The molecule has 0 unspecified atom stereocenters. The number of hydrogen-bond acceptors (Lipinski definition) is 4. The van der Waals surface area contributed by atoms with Crippen LogP contribution in [0.4, 0.5) is 15.8 Å². The third kappa shape index (κ3) is 3.79. The van der Waals surface area contributed by atoms with Gasteiger partial charge in [-0.05, 0) is 46.3 Å². The van der Waals surface area contributed by atoms with E-state index in [4.69, 9.17) is 0 Å². The Bertz CT molecular complexity index is 805. The van der Waals surface area contributed by atoms with Crippen molar-refractivity contribution in [2.75, 3.05) is 31.1 Å². The van der Waals surface area contributed by atoms with Crippen LogP contribution in [-0.4, -0.2) is 41.9 Å². The molecule has 3 rings (SSSR count). The standard InChI is InChI=1S/C17H15BrFN3O3/c18-15-11-14(22(24)25)5-6-16(15)20-7-9-21(10-8-20)17(23)12-1-3-13(19)4-2-12/h1-6,11H,7-10H2. The molecule has 1 saturated heterocycles. The van der Waals surface area contributed by atoms with Gasteiger partial charge in [0.2, 0.25) is 0 Å². The fraction of sp³-hybridized carbons (Fsp3) is 0.235. The van der Waals surface area contributed by atoms with E-state index in [9.17, 15) is 19.3 Å². The van der Waals surface area contributed by atoms with Gasteiger partial charge < -0.3 is 9.80 Å². The molecule has 6 nitrogen and oxygen atoms in total. The van der Waals surface area contributed by atoms with E-state index in [1.54, 1.807) is 11.0 Å². The first-order chi connectivity index (χ1) is 12.0. The molecule has 0 aromatic heterocycles. The number of nitro benzene ring substituents is 1. The minimum Gasteiger partial charge on any atom is -0.367 e. The SMILES string of the molecule is O=C(c1ccc(F)cc1)N1CCN(c2ccc([N+](=O)[O-])cc2Br)CC1. The van der Waals surface area contributed by atoms with Gasteiger partial charge in [0.1, 0.15) is 5.82 Å². The molecule has 2 aromatic rings. The van der Waals surface area contributed by atoms with Crippen molar-refractivity contribution < 1.29 is 14.1 Å². The van der Waals surface area contributed by atoms with Crippen LogP contribution in [0.1, 0.15) is 10.4 Å². The van der Waals surface area contributed by atoms with Crippen molar-refractivity contribution in [2.24, 2.45) is 0 Å². The zero-order valence-electron chi connectivity index (χ0n) is 13.2. The third-order valence-corrected chi connectivity index (χ3v) is 4.78. The fourth-order valence-corrected chi connectivity index (χ4v) is 3.41. The molecule has 8 heteroatoms. The zero-order valence-corrected chi connectivity index (χ0v) is 14.8. The molecule has 0 N–H and O–H groups in total. The van der Waals surface area contributed by atoms with E-state index < -0.39 is 4.92 Å². The quantitative estimate of drug-likeness (QED) is 0.577. The summed E-state index contributed by atoms with van der Waals surface area (Å²) in [6.07, 6.45) is 0. The molecule has 1 aliphatic heterocycles. The number of benzene rings is 2. The average Bonchev–Trinajstić information content (AvgIpc) is 2.62. The number of carbonyl (C=O) groups excluding carboxylic acids is 1. The fourth-order valence-electron chi connectivity index (χ4n) is 2.79. The van der Waals surface area contributed by atoms with Crippen molar-refractivity contribution in [3.63, 3.8) is 0 Å². The maximum atomic E-state index is 13.0. The van der Waals surface area contributed by atoms with Gasteiger partial charge in [0.25, 0.3) is 11.6 Å². The molecule has 1 heterocycles. The van der Waals surface area contributed by atoms with Gasteiger partial charge in [-0.2, -0.15) is 0 Å². The van der Waals surface area contributed by atoms with Gasteiger partial charge in [0, 0.05) is 48.3 Å². The smallest absolute Gasteiger partial charge is 0.270 e. The minimum atomic E-state index is -0.437. The number of nitro groups is 1. The summed E-state index contributed by atoms with van der Waals surface area (Å²) in [6.45, 7) is 2.28. The molecule has 0 spiro atoms. The van der Waals surface area contributed by atoms with E-state index in [-0.39, 0.29) is 17.4 Å². The van der Waals surface area contributed by atoms with Gasteiger partial charge in [-0.3, -0.25) is 14.9 Å². The van der Waals surface area contributed by atoms with Crippen LogP contribution in [0.15, 0.2) is 46.9 Å². The average molecular weight is 408 g/mol. The van der Waals surface area contributed by atoms with E-state index in [1.807, 2.05) is 0 Å². The molecule has 0 bridgehead atoms. The normalized spacial score (nSPS) is 14.5. The van der Waals surface area contributed by atoms with E-state index in [1.165, 1.54) is 36.4 Å². The van der Waals surface area contributed by atoms with Crippen molar-refractivity contribution in [1.29, 1.82) is 0 Å². The Morgan fingerprint density at radius 3 is 2.28 bits per heavy atom. The zero-order chi connectivity index (χ0) is 18.0. The Morgan fingerprint density at radius 1 is 1.08 bits per heavy atom. The Morgan fingerprint density at radius 2 is 1.72 bits per heavy atom.